The van der Waals surface area contributed by atoms with Gasteiger partial charge in [0.15, 0.2) is 0 Å². The van der Waals surface area contributed by atoms with Crippen LogP contribution >= 0.6 is 0 Å². The van der Waals surface area contributed by atoms with Crippen LogP contribution in [0.2, 0.25) is 0 Å². The number of aromatic nitrogens is 2. The first-order valence-corrected chi connectivity index (χ1v) is 8.27. The molecule has 1 amide bonds. The van der Waals surface area contributed by atoms with Crippen LogP contribution in [0.3, 0.4) is 0 Å². The zero-order valence-corrected chi connectivity index (χ0v) is 13.8. The topological polar surface area (TPSA) is 79.5 Å². The second kappa shape index (κ2) is 7.72. The number of aryl methyl sites for hydroxylation is 1. The lowest BCUT2D eigenvalue weighted by molar-refractivity contribution is -0.134. The van der Waals surface area contributed by atoms with Crippen molar-refractivity contribution in [2.45, 2.75) is 77.4 Å². The van der Waals surface area contributed by atoms with Gasteiger partial charge in [-0.1, -0.05) is 12.8 Å². The number of hydrogen-bond donors (Lipinski definition) is 1. The lowest BCUT2D eigenvalue weighted by atomic mass is 10.1. The van der Waals surface area contributed by atoms with E-state index in [9.17, 15) is 9.90 Å². The number of amides is 1. The van der Waals surface area contributed by atoms with E-state index in [2.05, 4.69) is 10.2 Å². The van der Waals surface area contributed by atoms with Gasteiger partial charge < -0.3 is 14.4 Å². The Hall–Kier alpha value is -1.43. The molecule has 6 heteroatoms. The van der Waals surface area contributed by atoms with E-state index < -0.39 is 6.10 Å². The maximum atomic E-state index is 12.3. The largest absolute Gasteiger partial charge is 0.425 e. The molecule has 0 saturated heterocycles. The molecule has 22 heavy (non-hydrogen) atoms. The van der Waals surface area contributed by atoms with Gasteiger partial charge in [-0.2, -0.15) is 0 Å². The van der Waals surface area contributed by atoms with Gasteiger partial charge in [0.25, 0.3) is 0 Å². The van der Waals surface area contributed by atoms with Gasteiger partial charge in [0.05, 0.1) is 6.10 Å². The SMILES string of the molecule is CC(O)CN(C(=O)CCc1nnc(C2CCCC2)o1)C(C)C. The van der Waals surface area contributed by atoms with E-state index in [0.717, 1.165) is 18.7 Å². The van der Waals surface area contributed by atoms with Gasteiger partial charge in [-0.05, 0) is 33.6 Å². The Morgan fingerprint density at radius 3 is 2.59 bits per heavy atom. The number of aliphatic hydroxyl groups excluding tert-OH is 1. The number of aliphatic hydroxyl groups is 1. The molecule has 0 bridgehead atoms. The second-order valence-electron chi connectivity index (χ2n) is 6.50. The fourth-order valence-corrected chi connectivity index (χ4v) is 2.95. The molecule has 1 aromatic heterocycles. The Morgan fingerprint density at radius 2 is 2.00 bits per heavy atom. The molecule has 2 rings (SSSR count). The molecule has 1 fully saturated rings. The Kier molecular flexibility index (Phi) is 5.94. The highest BCUT2D eigenvalue weighted by Gasteiger charge is 2.23. The minimum Gasteiger partial charge on any atom is -0.425 e. The summed E-state index contributed by atoms with van der Waals surface area (Å²) in [7, 11) is 0. The third kappa shape index (κ3) is 4.53. The van der Waals surface area contributed by atoms with E-state index >= 15 is 0 Å². The first-order valence-electron chi connectivity index (χ1n) is 8.27. The molecule has 1 atom stereocenters. The van der Waals surface area contributed by atoms with Crippen LogP contribution < -0.4 is 0 Å². The van der Waals surface area contributed by atoms with Gasteiger partial charge in [0.1, 0.15) is 0 Å². The summed E-state index contributed by atoms with van der Waals surface area (Å²) in [5, 5.41) is 17.7. The number of hydrogen-bond acceptors (Lipinski definition) is 5. The summed E-state index contributed by atoms with van der Waals surface area (Å²) in [4.78, 5) is 14.0. The minimum atomic E-state index is -0.524. The highest BCUT2D eigenvalue weighted by atomic mass is 16.4. The van der Waals surface area contributed by atoms with Crippen LogP contribution in [0.5, 0.6) is 0 Å². The maximum absolute atomic E-state index is 12.3. The van der Waals surface area contributed by atoms with Crippen molar-refractivity contribution in [2.24, 2.45) is 0 Å². The molecule has 0 aliphatic heterocycles. The van der Waals surface area contributed by atoms with E-state index in [1.165, 1.54) is 12.8 Å². The smallest absolute Gasteiger partial charge is 0.223 e. The molecular formula is C16H27N3O3. The molecule has 1 aromatic rings. The van der Waals surface area contributed by atoms with Crippen LogP contribution in [-0.2, 0) is 11.2 Å². The summed E-state index contributed by atoms with van der Waals surface area (Å²) in [5.74, 6) is 1.68. The number of rotatable bonds is 7. The number of carbonyl (C=O) groups excluding carboxylic acids is 1. The normalized spacial score (nSPS) is 17.1. The van der Waals surface area contributed by atoms with Crippen molar-refractivity contribution in [3.8, 4) is 0 Å². The summed E-state index contributed by atoms with van der Waals surface area (Å²) < 4.78 is 5.70. The van der Waals surface area contributed by atoms with Crippen molar-refractivity contribution in [1.29, 1.82) is 0 Å². The second-order valence-corrected chi connectivity index (χ2v) is 6.50. The molecule has 1 N–H and O–H groups in total. The minimum absolute atomic E-state index is 0.0107. The molecule has 1 aliphatic carbocycles. The summed E-state index contributed by atoms with van der Waals surface area (Å²) in [6.07, 6.45) is 4.96. The lowest BCUT2D eigenvalue weighted by Gasteiger charge is -2.27. The molecule has 1 heterocycles. The van der Waals surface area contributed by atoms with Crippen LogP contribution in [0.25, 0.3) is 0 Å². The van der Waals surface area contributed by atoms with Crippen LogP contribution in [-0.4, -0.2) is 44.8 Å². The number of carbonyl (C=O) groups is 1. The van der Waals surface area contributed by atoms with Crippen LogP contribution in [0.15, 0.2) is 4.42 Å². The van der Waals surface area contributed by atoms with E-state index in [-0.39, 0.29) is 11.9 Å². The van der Waals surface area contributed by atoms with Crippen molar-refractivity contribution < 1.29 is 14.3 Å². The summed E-state index contributed by atoms with van der Waals surface area (Å²) in [5.41, 5.74) is 0. The predicted octanol–water partition coefficient (Wildman–Crippen LogP) is 2.28. The third-order valence-electron chi connectivity index (χ3n) is 4.14. The van der Waals surface area contributed by atoms with Gasteiger partial charge >= 0.3 is 0 Å². The van der Waals surface area contributed by atoms with Crippen molar-refractivity contribution >= 4 is 5.91 Å². The Morgan fingerprint density at radius 1 is 1.32 bits per heavy atom. The zero-order valence-electron chi connectivity index (χ0n) is 13.8. The molecule has 1 saturated carbocycles. The Labute approximate surface area is 131 Å². The van der Waals surface area contributed by atoms with Gasteiger partial charge in [-0.15, -0.1) is 10.2 Å². The fourth-order valence-electron chi connectivity index (χ4n) is 2.95. The molecule has 1 unspecified atom stereocenters. The van der Waals surface area contributed by atoms with Crippen LogP contribution in [0, 0.1) is 0 Å². The summed E-state index contributed by atoms with van der Waals surface area (Å²) in [6.45, 7) is 5.94. The van der Waals surface area contributed by atoms with E-state index in [1.54, 1.807) is 11.8 Å². The van der Waals surface area contributed by atoms with Crippen molar-refractivity contribution in [1.82, 2.24) is 15.1 Å². The monoisotopic (exact) mass is 309 g/mol. The molecular weight excluding hydrogens is 282 g/mol. The van der Waals surface area contributed by atoms with Gasteiger partial charge in [-0.25, -0.2) is 0 Å². The quantitative estimate of drug-likeness (QED) is 0.836. The molecule has 1 aliphatic rings. The molecule has 6 nitrogen and oxygen atoms in total. The van der Waals surface area contributed by atoms with Crippen LogP contribution in [0.1, 0.15) is 70.6 Å². The third-order valence-corrected chi connectivity index (χ3v) is 4.14. The molecule has 124 valence electrons. The van der Waals surface area contributed by atoms with Gasteiger partial charge in [0, 0.05) is 31.3 Å². The average molecular weight is 309 g/mol. The maximum Gasteiger partial charge on any atom is 0.223 e. The lowest BCUT2D eigenvalue weighted by Crippen LogP contribution is -2.41. The standard InChI is InChI=1S/C16H27N3O3/c1-11(2)19(10-12(3)20)15(21)9-8-14-17-18-16(22-14)13-6-4-5-7-13/h11-13,20H,4-10H2,1-3H3. The van der Waals surface area contributed by atoms with Gasteiger partial charge in [0.2, 0.25) is 17.7 Å². The first-order chi connectivity index (χ1) is 10.5. The highest BCUT2D eigenvalue weighted by molar-refractivity contribution is 5.76. The summed E-state index contributed by atoms with van der Waals surface area (Å²) >= 11 is 0. The molecule has 0 spiro atoms. The van der Waals surface area contributed by atoms with Crippen molar-refractivity contribution in [2.75, 3.05) is 6.54 Å². The molecule has 0 radical (unpaired) electrons. The molecule has 0 aromatic carbocycles. The van der Waals surface area contributed by atoms with E-state index in [1.807, 2.05) is 13.8 Å². The zero-order chi connectivity index (χ0) is 16.1. The fraction of sp³-hybridized carbons (Fsp3) is 0.812. The van der Waals surface area contributed by atoms with E-state index in [4.69, 9.17) is 4.42 Å². The van der Waals surface area contributed by atoms with E-state index in [0.29, 0.717) is 31.2 Å². The predicted molar refractivity (Wildman–Crippen MR) is 82.4 cm³/mol. The van der Waals surface area contributed by atoms with Crippen LogP contribution in [0.4, 0.5) is 0 Å². The summed E-state index contributed by atoms with van der Waals surface area (Å²) in [6, 6.07) is 0.0684. The highest BCUT2D eigenvalue weighted by Crippen LogP contribution is 2.33. The van der Waals surface area contributed by atoms with Gasteiger partial charge in [-0.3, -0.25) is 4.79 Å². The Bertz CT molecular complexity index is 479. The Balaban J connectivity index is 1.87. The van der Waals surface area contributed by atoms with Crippen molar-refractivity contribution in [3.05, 3.63) is 11.8 Å². The first kappa shape index (κ1) is 16.9. The van der Waals surface area contributed by atoms with Crippen molar-refractivity contribution in [3.63, 3.8) is 0 Å². The number of nitrogens with zero attached hydrogens (tertiary/aromatic N) is 3. The average Bonchev–Trinajstić information content (AvgIpc) is 3.11.